The number of ether oxygens (including phenoxy) is 1. The topological polar surface area (TPSA) is 9.23 Å². The summed E-state index contributed by atoms with van der Waals surface area (Å²) in [7, 11) is 0. The van der Waals surface area contributed by atoms with Crippen molar-refractivity contribution in [1.82, 2.24) is 0 Å². The fraction of sp³-hybridized carbons (Fsp3) is 1.00. The van der Waals surface area contributed by atoms with Gasteiger partial charge in [0.2, 0.25) is 0 Å². The van der Waals surface area contributed by atoms with Gasteiger partial charge in [0.05, 0.1) is 0 Å². The molecule has 0 amide bonds. The minimum atomic E-state index is 0.789. The second-order valence-corrected chi connectivity index (χ2v) is 4.71. The highest BCUT2D eigenvalue weighted by Gasteiger charge is 2.09. The summed E-state index contributed by atoms with van der Waals surface area (Å²) in [6.45, 7) is 11.0. The van der Waals surface area contributed by atoms with E-state index in [1.807, 2.05) is 0 Å². The van der Waals surface area contributed by atoms with Gasteiger partial charge in [0.15, 0.2) is 0 Å². The minimum Gasteiger partial charge on any atom is -0.381 e. The molecule has 0 aromatic heterocycles. The van der Waals surface area contributed by atoms with Crippen LogP contribution < -0.4 is 0 Å². The van der Waals surface area contributed by atoms with E-state index in [9.17, 15) is 0 Å². The predicted octanol–water partition coefficient (Wildman–Crippen LogP) is 4.27. The molecule has 0 spiro atoms. The van der Waals surface area contributed by atoms with Crippen molar-refractivity contribution in [3.8, 4) is 0 Å². The van der Waals surface area contributed by atoms with Gasteiger partial charge in [-0.15, -0.1) is 0 Å². The molecule has 0 saturated heterocycles. The van der Waals surface area contributed by atoms with Gasteiger partial charge in [-0.2, -0.15) is 0 Å². The summed E-state index contributed by atoms with van der Waals surface area (Å²) in [6.07, 6.45) is 6.38. The van der Waals surface area contributed by atoms with Crippen LogP contribution in [0.4, 0.5) is 0 Å². The Morgan fingerprint density at radius 1 is 1.07 bits per heavy atom. The lowest BCUT2D eigenvalue weighted by Crippen LogP contribution is -2.12. The Bertz CT molecular complexity index is 110. The number of hydrogen-bond donors (Lipinski definition) is 0. The van der Waals surface area contributed by atoms with Gasteiger partial charge >= 0.3 is 0 Å². The first-order valence-electron chi connectivity index (χ1n) is 6.28. The molecule has 0 heterocycles. The zero-order valence-electron chi connectivity index (χ0n) is 10.5. The lowest BCUT2D eigenvalue weighted by Gasteiger charge is -2.18. The maximum Gasteiger partial charge on any atom is 0.0494 e. The minimum absolute atomic E-state index is 0.789. The Morgan fingerprint density at radius 3 is 2.29 bits per heavy atom. The molecule has 0 bridgehead atoms. The van der Waals surface area contributed by atoms with Crippen molar-refractivity contribution in [3.05, 3.63) is 0 Å². The van der Waals surface area contributed by atoms with E-state index in [1.54, 1.807) is 0 Å². The van der Waals surface area contributed by atoms with Crippen LogP contribution in [0.5, 0.6) is 0 Å². The van der Waals surface area contributed by atoms with E-state index in [4.69, 9.17) is 4.74 Å². The van der Waals surface area contributed by atoms with E-state index in [0.29, 0.717) is 0 Å². The van der Waals surface area contributed by atoms with Crippen molar-refractivity contribution < 1.29 is 4.74 Å². The highest BCUT2D eigenvalue weighted by atomic mass is 16.5. The van der Waals surface area contributed by atoms with Gasteiger partial charge in [-0.1, -0.05) is 40.5 Å². The molecule has 0 aliphatic heterocycles. The summed E-state index contributed by atoms with van der Waals surface area (Å²) in [5.41, 5.74) is 0. The molecule has 0 aliphatic carbocycles. The van der Waals surface area contributed by atoms with Crippen LogP contribution in [-0.2, 0) is 4.74 Å². The molecule has 0 rings (SSSR count). The van der Waals surface area contributed by atoms with Gasteiger partial charge in [0.25, 0.3) is 0 Å². The van der Waals surface area contributed by atoms with E-state index in [2.05, 4.69) is 27.7 Å². The molecule has 0 radical (unpaired) electrons. The third-order valence-electron chi connectivity index (χ3n) is 2.50. The summed E-state index contributed by atoms with van der Waals surface area (Å²) < 4.78 is 5.69. The molecule has 0 aliphatic rings. The molecule has 1 unspecified atom stereocenters. The maximum atomic E-state index is 5.69. The summed E-state index contributed by atoms with van der Waals surface area (Å²) in [5.74, 6) is 1.60. The SMILES string of the molecule is CCCCOCC(CCC)CC(C)C. The molecule has 86 valence electrons. The zero-order valence-corrected chi connectivity index (χ0v) is 10.5. The van der Waals surface area contributed by atoms with Gasteiger partial charge in [-0.05, 0) is 31.1 Å². The van der Waals surface area contributed by atoms with Crippen LogP contribution in [0.1, 0.15) is 59.8 Å². The monoisotopic (exact) mass is 200 g/mol. The second-order valence-electron chi connectivity index (χ2n) is 4.71. The molecule has 0 aromatic rings. The summed E-state index contributed by atoms with van der Waals surface area (Å²) in [6, 6.07) is 0. The first-order valence-corrected chi connectivity index (χ1v) is 6.28. The average molecular weight is 200 g/mol. The lowest BCUT2D eigenvalue weighted by atomic mass is 9.94. The maximum absolute atomic E-state index is 5.69. The standard InChI is InChI=1S/C13H28O/c1-5-7-9-14-11-13(8-6-2)10-12(3)4/h12-13H,5-11H2,1-4H3. The molecule has 0 fully saturated rings. The van der Waals surface area contributed by atoms with Crippen molar-refractivity contribution in [1.29, 1.82) is 0 Å². The fourth-order valence-corrected chi connectivity index (χ4v) is 1.84. The van der Waals surface area contributed by atoms with E-state index in [-0.39, 0.29) is 0 Å². The van der Waals surface area contributed by atoms with Crippen molar-refractivity contribution in [2.45, 2.75) is 59.8 Å². The molecule has 0 aromatic carbocycles. The third kappa shape index (κ3) is 8.55. The summed E-state index contributed by atoms with van der Waals surface area (Å²) in [5, 5.41) is 0. The van der Waals surface area contributed by atoms with Crippen molar-refractivity contribution >= 4 is 0 Å². The van der Waals surface area contributed by atoms with Gasteiger partial charge in [-0.25, -0.2) is 0 Å². The van der Waals surface area contributed by atoms with Gasteiger partial charge in [0, 0.05) is 13.2 Å². The molecule has 0 saturated carbocycles. The highest BCUT2D eigenvalue weighted by molar-refractivity contribution is 4.60. The van der Waals surface area contributed by atoms with Crippen LogP contribution >= 0.6 is 0 Å². The van der Waals surface area contributed by atoms with Crippen molar-refractivity contribution in [3.63, 3.8) is 0 Å². The van der Waals surface area contributed by atoms with Crippen LogP contribution in [0.15, 0.2) is 0 Å². The molecule has 1 atom stereocenters. The molecular weight excluding hydrogens is 172 g/mol. The molecule has 1 nitrogen and oxygen atoms in total. The van der Waals surface area contributed by atoms with Crippen LogP contribution in [0, 0.1) is 11.8 Å². The highest BCUT2D eigenvalue weighted by Crippen LogP contribution is 2.17. The Hall–Kier alpha value is -0.0400. The molecule has 14 heavy (non-hydrogen) atoms. The summed E-state index contributed by atoms with van der Waals surface area (Å²) in [4.78, 5) is 0. The molecule has 1 heteroatoms. The van der Waals surface area contributed by atoms with Crippen LogP contribution in [0.3, 0.4) is 0 Å². The van der Waals surface area contributed by atoms with E-state index < -0.39 is 0 Å². The second kappa shape index (κ2) is 9.51. The smallest absolute Gasteiger partial charge is 0.0494 e. The Labute approximate surface area is 90.2 Å². The van der Waals surface area contributed by atoms with Crippen molar-refractivity contribution in [2.75, 3.05) is 13.2 Å². The van der Waals surface area contributed by atoms with E-state index in [1.165, 1.54) is 32.1 Å². The lowest BCUT2D eigenvalue weighted by molar-refractivity contribution is 0.0860. The third-order valence-corrected chi connectivity index (χ3v) is 2.50. The van der Waals surface area contributed by atoms with Gasteiger partial charge in [0.1, 0.15) is 0 Å². The fourth-order valence-electron chi connectivity index (χ4n) is 1.84. The van der Waals surface area contributed by atoms with Crippen LogP contribution in [0.2, 0.25) is 0 Å². The van der Waals surface area contributed by atoms with Crippen LogP contribution in [-0.4, -0.2) is 13.2 Å². The summed E-state index contributed by atoms with van der Waals surface area (Å²) >= 11 is 0. The normalized spacial score (nSPS) is 13.5. The van der Waals surface area contributed by atoms with E-state index in [0.717, 1.165) is 25.0 Å². The molecule has 0 N–H and O–H groups in total. The first-order chi connectivity index (χ1) is 6.70. The van der Waals surface area contributed by atoms with E-state index >= 15 is 0 Å². The Morgan fingerprint density at radius 2 is 1.79 bits per heavy atom. The Balaban J connectivity index is 3.51. The zero-order chi connectivity index (χ0) is 10.8. The predicted molar refractivity (Wildman–Crippen MR) is 63.6 cm³/mol. The quantitative estimate of drug-likeness (QED) is 0.505. The first kappa shape index (κ1) is 14.0. The molecular formula is C13H28O. The largest absolute Gasteiger partial charge is 0.381 e. The van der Waals surface area contributed by atoms with Crippen LogP contribution in [0.25, 0.3) is 0 Å². The number of rotatable bonds is 9. The van der Waals surface area contributed by atoms with Crippen molar-refractivity contribution in [2.24, 2.45) is 11.8 Å². The Kier molecular flexibility index (Phi) is 9.49. The average Bonchev–Trinajstić information content (AvgIpc) is 2.12. The van der Waals surface area contributed by atoms with Gasteiger partial charge in [-0.3, -0.25) is 0 Å². The van der Waals surface area contributed by atoms with Gasteiger partial charge < -0.3 is 4.74 Å². The number of unbranched alkanes of at least 4 members (excludes halogenated alkanes) is 1. The number of hydrogen-bond acceptors (Lipinski definition) is 1.